The average molecular weight is 242 g/mol. The number of aliphatic hydroxyl groups excluding tert-OH is 1. The minimum Gasteiger partial charge on any atom is -0.390 e. The smallest absolute Gasteiger partial charge is 0.0933 e. The van der Waals surface area contributed by atoms with Gasteiger partial charge in [0.15, 0.2) is 0 Å². The number of rotatable bonds is 6. The lowest BCUT2D eigenvalue weighted by Crippen LogP contribution is -2.48. The summed E-state index contributed by atoms with van der Waals surface area (Å²) in [7, 11) is 1.75. The third kappa shape index (κ3) is 3.23. The monoisotopic (exact) mass is 242 g/mol. The van der Waals surface area contributed by atoms with E-state index in [9.17, 15) is 5.11 Å². The predicted molar refractivity (Wildman–Crippen MR) is 72.1 cm³/mol. The Balaban J connectivity index is 2.69. The normalized spacial score (nSPS) is 28.1. The van der Waals surface area contributed by atoms with Crippen LogP contribution in [0.3, 0.4) is 0 Å². The maximum Gasteiger partial charge on any atom is 0.0933 e. The van der Waals surface area contributed by atoms with Gasteiger partial charge >= 0.3 is 0 Å². The van der Waals surface area contributed by atoms with Crippen LogP contribution in [0.15, 0.2) is 0 Å². The van der Waals surface area contributed by atoms with E-state index in [1.165, 1.54) is 32.1 Å². The van der Waals surface area contributed by atoms with E-state index in [4.69, 9.17) is 4.74 Å². The van der Waals surface area contributed by atoms with Crippen LogP contribution < -0.4 is 0 Å². The van der Waals surface area contributed by atoms with Gasteiger partial charge in [0.25, 0.3) is 0 Å². The molecule has 1 saturated carbocycles. The highest BCUT2D eigenvalue weighted by atomic mass is 16.5. The fourth-order valence-electron chi connectivity index (χ4n) is 3.50. The van der Waals surface area contributed by atoms with Crippen molar-refractivity contribution in [1.29, 1.82) is 0 Å². The third-order valence-electron chi connectivity index (χ3n) is 4.99. The summed E-state index contributed by atoms with van der Waals surface area (Å²) in [5.74, 6) is 1.25. The van der Waals surface area contributed by atoms with Gasteiger partial charge in [-0.2, -0.15) is 0 Å². The second kappa shape index (κ2) is 6.75. The molecule has 2 nitrogen and oxygen atoms in total. The highest BCUT2D eigenvalue weighted by molar-refractivity contribution is 4.92. The largest absolute Gasteiger partial charge is 0.390 e. The molecule has 0 aliphatic heterocycles. The van der Waals surface area contributed by atoms with Crippen LogP contribution in [0.1, 0.15) is 65.7 Å². The van der Waals surface area contributed by atoms with Crippen molar-refractivity contribution in [2.45, 2.75) is 77.4 Å². The molecule has 2 heteroatoms. The minimum atomic E-state index is -0.319. The van der Waals surface area contributed by atoms with Gasteiger partial charge in [-0.15, -0.1) is 0 Å². The summed E-state index contributed by atoms with van der Waals surface area (Å²) in [5, 5.41) is 10.7. The van der Waals surface area contributed by atoms with Crippen molar-refractivity contribution >= 4 is 0 Å². The first kappa shape index (κ1) is 15.0. The first-order valence-corrected chi connectivity index (χ1v) is 7.36. The Labute approximate surface area is 107 Å². The molecule has 102 valence electrons. The van der Waals surface area contributed by atoms with Crippen molar-refractivity contribution in [3.63, 3.8) is 0 Å². The lowest BCUT2D eigenvalue weighted by Gasteiger charge is -2.42. The second-order valence-electron chi connectivity index (χ2n) is 5.62. The SMILES string of the molecule is CCC1CCCC(C(O)C(CC)(CC)OC)C1. The van der Waals surface area contributed by atoms with Gasteiger partial charge < -0.3 is 9.84 Å². The maximum absolute atomic E-state index is 10.7. The van der Waals surface area contributed by atoms with Crippen molar-refractivity contribution in [3.05, 3.63) is 0 Å². The summed E-state index contributed by atoms with van der Waals surface area (Å²) in [6, 6.07) is 0. The fraction of sp³-hybridized carbons (Fsp3) is 1.00. The Morgan fingerprint density at radius 1 is 1.24 bits per heavy atom. The summed E-state index contributed by atoms with van der Waals surface area (Å²) in [6.45, 7) is 6.51. The van der Waals surface area contributed by atoms with Crippen LogP contribution >= 0.6 is 0 Å². The van der Waals surface area contributed by atoms with Crippen LogP contribution in [0, 0.1) is 11.8 Å². The fourth-order valence-corrected chi connectivity index (χ4v) is 3.50. The number of hydrogen-bond acceptors (Lipinski definition) is 2. The van der Waals surface area contributed by atoms with Gasteiger partial charge in [0, 0.05) is 7.11 Å². The Bertz CT molecular complexity index is 203. The van der Waals surface area contributed by atoms with E-state index in [1.54, 1.807) is 7.11 Å². The van der Waals surface area contributed by atoms with Crippen molar-refractivity contribution < 1.29 is 9.84 Å². The van der Waals surface area contributed by atoms with Crippen LogP contribution in [0.5, 0.6) is 0 Å². The molecule has 0 spiro atoms. The zero-order valence-corrected chi connectivity index (χ0v) is 12.0. The van der Waals surface area contributed by atoms with Gasteiger partial charge in [-0.25, -0.2) is 0 Å². The number of methoxy groups -OCH3 is 1. The van der Waals surface area contributed by atoms with Crippen molar-refractivity contribution in [2.24, 2.45) is 11.8 Å². The number of aliphatic hydroxyl groups is 1. The Kier molecular flexibility index (Phi) is 5.94. The highest BCUT2D eigenvalue weighted by Crippen LogP contribution is 2.38. The quantitative estimate of drug-likeness (QED) is 0.768. The summed E-state index contributed by atoms with van der Waals surface area (Å²) in [5.41, 5.74) is -0.319. The summed E-state index contributed by atoms with van der Waals surface area (Å²) >= 11 is 0. The van der Waals surface area contributed by atoms with E-state index in [0.717, 1.165) is 18.8 Å². The highest BCUT2D eigenvalue weighted by Gasteiger charge is 2.40. The lowest BCUT2D eigenvalue weighted by atomic mass is 9.72. The molecule has 0 heterocycles. The Morgan fingerprint density at radius 2 is 1.88 bits per heavy atom. The van der Waals surface area contributed by atoms with Crippen LogP contribution in [-0.2, 0) is 4.74 Å². The summed E-state index contributed by atoms with van der Waals surface area (Å²) < 4.78 is 5.67. The molecular weight excluding hydrogens is 212 g/mol. The molecule has 0 radical (unpaired) electrons. The third-order valence-corrected chi connectivity index (χ3v) is 4.99. The molecule has 1 N–H and O–H groups in total. The second-order valence-corrected chi connectivity index (χ2v) is 5.62. The van der Waals surface area contributed by atoms with E-state index in [2.05, 4.69) is 20.8 Å². The molecule has 1 aliphatic rings. The topological polar surface area (TPSA) is 29.5 Å². The van der Waals surface area contributed by atoms with Gasteiger partial charge in [-0.1, -0.05) is 40.0 Å². The van der Waals surface area contributed by atoms with Gasteiger partial charge in [0.05, 0.1) is 11.7 Å². The van der Waals surface area contributed by atoms with E-state index >= 15 is 0 Å². The van der Waals surface area contributed by atoms with E-state index in [-0.39, 0.29) is 11.7 Å². The molecule has 0 aromatic rings. The van der Waals surface area contributed by atoms with Gasteiger partial charge in [-0.3, -0.25) is 0 Å². The molecule has 0 bridgehead atoms. The summed E-state index contributed by atoms with van der Waals surface area (Å²) in [6.07, 6.45) is 7.72. The molecule has 1 rings (SSSR count). The van der Waals surface area contributed by atoms with Crippen LogP contribution in [0.4, 0.5) is 0 Å². The molecule has 1 aliphatic carbocycles. The van der Waals surface area contributed by atoms with Crippen LogP contribution in [0.2, 0.25) is 0 Å². The predicted octanol–water partition coefficient (Wildman–Crippen LogP) is 3.77. The van der Waals surface area contributed by atoms with Gasteiger partial charge in [0.2, 0.25) is 0 Å². The number of hydrogen-bond donors (Lipinski definition) is 1. The minimum absolute atomic E-state index is 0.295. The molecule has 3 unspecified atom stereocenters. The summed E-state index contributed by atoms with van der Waals surface area (Å²) in [4.78, 5) is 0. The molecule has 1 fully saturated rings. The van der Waals surface area contributed by atoms with E-state index in [1.807, 2.05) is 0 Å². The Hall–Kier alpha value is -0.0800. The van der Waals surface area contributed by atoms with E-state index < -0.39 is 0 Å². The molecule has 0 aromatic carbocycles. The standard InChI is InChI=1S/C15H30O2/c1-5-12-9-8-10-13(11-12)14(16)15(6-2,7-3)17-4/h12-14,16H,5-11H2,1-4H3. The van der Waals surface area contributed by atoms with Crippen LogP contribution in [-0.4, -0.2) is 23.9 Å². The average Bonchev–Trinajstić information content (AvgIpc) is 2.41. The maximum atomic E-state index is 10.7. The molecule has 0 amide bonds. The molecule has 17 heavy (non-hydrogen) atoms. The molecular formula is C15H30O2. The zero-order valence-electron chi connectivity index (χ0n) is 12.0. The van der Waals surface area contributed by atoms with E-state index in [0.29, 0.717) is 5.92 Å². The van der Waals surface area contributed by atoms with Crippen molar-refractivity contribution in [2.75, 3.05) is 7.11 Å². The van der Waals surface area contributed by atoms with Gasteiger partial charge in [0.1, 0.15) is 0 Å². The van der Waals surface area contributed by atoms with Gasteiger partial charge in [-0.05, 0) is 37.5 Å². The first-order valence-electron chi connectivity index (χ1n) is 7.36. The zero-order chi connectivity index (χ0) is 12.9. The molecule has 3 atom stereocenters. The molecule has 0 saturated heterocycles. The number of ether oxygens (including phenoxy) is 1. The van der Waals surface area contributed by atoms with Crippen molar-refractivity contribution in [1.82, 2.24) is 0 Å². The lowest BCUT2D eigenvalue weighted by molar-refractivity contribution is -0.135. The van der Waals surface area contributed by atoms with Crippen molar-refractivity contribution in [3.8, 4) is 0 Å². The molecule has 0 aromatic heterocycles. The van der Waals surface area contributed by atoms with Crippen LogP contribution in [0.25, 0.3) is 0 Å². The first-order chi connectivity index (χ1) is 8.13. The Morgan fingerprint density at radius 3 is 2.35 bits per heavy atom.